The lowest BCUT2D eigenvalue weighted by atomic mass is 9.66. The van der Waals surface area contributed by atoms with Gasteiger partial charge in [-0.15, -0.1) is 0 Å². The van der Waals surface area contributed by atoms with Crippen LogP contribution in [-0.2, 0) is 0 Å². The fourth-order valence-corrected chi connectivity index (χ4v) is 7.02. The molecule has 38 heavy (non-hydrogen) atoms. The molecule has 2 heterocycles. The largest absolute Gasteiger partial charge is 0.314 e. The zero-order valence-electron chi connectivity index (χ0n) is 21.0. The predicted octanol–water partition coefficient (Wildman–Crippen LogP) is 6.20. The molecule has 1 saturated carbocycles. The lowest BCUT2D eigenvalue weighted by Crippen LogP contribution is -2.55. The van der Waals surface area contributed by atoms with Crippen molar-refractivity contribution >= 4 is 27.7 Å². The topological polar surface area (TPSA) is 63.2 Å². The number of anilines is 1. The average Bonchev–Trinajstić information content (AvgIpc) is 3.32. The Morgan fingerprint density at radius 2 is 1.53 bits per heavy atom. The Labute approximate surface area is 222 Å². The fourth-order valence-electron chi connectivity index (χ4n) is 7.02. The van der Waals surface area contributed by atoms with Crippen LogP contribution < -0.4 is 15.5 Å². The highest BCUT2D eigenvalue weighted by Crippen LogP contribution is 2.56. The Morgan fingerprint density at radius 3 is 2.26 bits per heavy atom. The second-order valence-electron chi connectivity index (χ2n) is 10.5. The summed E-state index contributed by atoms with van der Waals surface area (Å²) in [6.45, 7) is 0. The van der Waals surface area contributed by atoms with Crippen molar-refractivity contribution in [1.29, 1.82) is 10.5 Å². The molecule has 4 aromatic carbocycles. The quantitative estimate of drug-likeness (QED) is 0.336. The van der Waals surface area contributed by atoms with Crippen LogP contribution in [0, 0.1) is 28.6 Å². The van der Waals surface area contributed by atoms with Crippen LogP contribution in [0.5, 0.6) is 0 Å². The normalized spacial score (nSPS) is 23.2. The summed E-state index contributed by atoms with van der Waals surface area (Å²) in [5, 5.41) is 23.2. The Kier molecular flexibility index (Phi) is 5.17. The van der Waals surface area contributed by atoms with Crippen LogP contribution in [0.4, 0.5) is 5.69 Å². The highest BCUT2D eigenvalue weighted by molar-refractivity contribution is 5.95. The van der Waals surface area contributed by atoms with Gasteiger partial charge in [0.05, 0.1) is 11.0 Å². The minimum absolute atomic E-state index is 0.134. The molecule has 4 nitrogen and oxygen atoms in total. The summed E-state index contributed by atoms with van der Waals surface area (Å²) in [6.07, 6.45) is 6.82. The number of hydrogen-bond donors (Lipinski definition) is 0. The standard InChI is InChI=1S/C34H26N4/c35-21-25(22-36)28-19-32-33(27-16-8-7-15-26(27)28)37-34-18-10-9-17-30(34)29(23-11-3-1-4-12-23)20-31(38(32)34)24-13-5-2-6-14-24/h1-8,11-16,19-20,29-30H,9-10,17-18H2. The molecule has 3 atom stereocenters. The zero-order valence-corrected chi connectivity index (χ0v) is 21.0. The molecule has 1 spiro atoms. The molecule has 3 aliphatic rings. The molecule has 3 unspecified atom stereocenters. The fraction of sp³-hybridized carbons (Fsp3) is 0.206. The summed E-state index contributed by atoms with van der Waals surface area (Å²) in [4.78, 5) is 8.13. The number of nitriles is 2. The Morgan fingerprint density at radius 1 is 0.842 bits per heavy atom. The van der Waals surface area contributed by atoms with Gasteiger partial charge in [-0.25, -0.2) is 0 Å². The maximum atomic E-state index is 9.84. The van der Waals surface area contributed by atoms with E-state index in [-0.39, 0.29) is 11.5 Å². The molecular weight excluding hydrogens is 464 g/mol. The number of rotatable bonds is 2. The van der Waals surface area contributed by atoms with Gasteiger partial charge in [-0.05, 0) is 41.8 Å². The third-order valence-electron chi connectivity index (χ3n) is 8.59. The van der Waals surface area contributed by atoms with Gasteiger partial charge in [0, 0.05) is 28.1 Å². The molecule has 1 aliphatic carbocycles. The lowest BCUT2D eigenvalue weighted by Gasteiger charge is -2.53. The van der Waals surface area contributed by atoms with Crippen molar-refractivity contribution in [3.8, 4) is 12.1 Å². The number of hydrogen-bond acceptors (Lipinski definition) is 4. The van der Waals surface area contributed by atoms with E-state index >= 15 is 0 Å². The van der Waals surface area contributed by atoms with Crippen molar-refractivity contribution in [3.05, 3.63) is 119 Å². The maximum absolute atomic E-state index is 9.84. The molecule has 4 heteroatoms. The second kappa shape index (κ2) is 8.72. The molecule has 0 amide bonds. The molecule has 2 aliphatic heterocycles. The summed E-state index contributed by atoms with van der Waals surface area (Å²) in [7, 11) is 0. The predicted molar refractivity (Wildman–Crippen MR) is 150 cm³/mol. The summed E-state index contributed by atoms with van der Waals surface area (Å²) in [6, 6.07) is 35.8. The summed E-state index contributed by atoms with van der Waals surface area (Å²) in [5.41, 5.74) is 4.34. The van der Waals surface area contributed by atoms with E-state index in [1.54, 1.807) is 0 Å². The third kappa shape index (κ3) is 3.17. The first-order chi connectivity index (χ1) is 18.7. The zero-order chi connectivity index (χ0) is 25.7. The molecule has 182 valence electrons. The van der Waals surface area contributed by atoms with Crippen LogP contribution >= 0.6 is 0 Å². The van der Waals surface area contributed by atoms with Gasteiger partial charge >= 0.3 is 0 Å². The molecule has 0 radical (unpaired) electrons. The van der Waals surface area contributed by atoms with Crippen LogP contribution in [0.1, 0.15) is 42.7 Å². The number of allylic oxidation sites excluding steroid dienone is 1. The van der Waals surface area contributed by atoms with Gasteiger partial charge in [0.1, 0.15) is 23.4 Å². The van der Waals surface area contributed by atoms with Crippen LogP contribution in [0.3, 0.4) is 0 Å². The van der Waals surface area contributed by atoms with E-state index < -0.39 is 5.66 Å². The summed E-state index contributed by atoms with van der Waals surface area (Å²) >= 11 is 0. The highest BCUT2D eigenvalue weighted by atomic mass is 15.4. The first kappa shape index (κ1) is 22.5. The Hall–Kier alpha value is -4.67. The van der Waals surface area contributed by atoms with Crippen LogP contribution in [0.15, 0.2) is 102 Å². The number of nitrogens with zero attached hydrogens (tertiary/aromatic N) is 4. The molecule has 0 N–H and O–H groups in total. The van der Waals surface area contributed by atoms with Gasteiger partial charge in [0.2, 0.25) is 0 Å². The number of benzene rings is 4. The monoisotopic (exact) mass is 490 g/mol. The second-order valence-corrected chi connectivity index (χ2v) is 10.5. The van der Waals surface area contributed by atoms with Gasteiger partial charge < -0.3 is 4.90 Å². The Balaban J connectivity index is 1.60. The Bertz CT molecular complexity index is 1790. The van der Waals surface area contributed by atoms with E-state index in [1.807, 2.05) is 24.3 Å². The molecular formula is C34H26N4. The first-order valence-electron chi connectivity index (χ1n) is 13.3. The minimum atomic E-state index is -0.415. The molecule has 0 saturated heterocycles. The van der Waals surface area contributed by atoms with E-state index in [0.717, 1.165) is 52.3 Å². The average molecular weight is 491 g/mol. The van der Waals surface area contributed by atoms with Gasteiger partial charge in [-0.3, -0.25) is 4.99 Å². The smallest absolute Gasteiger partial charge is 0.140 e. The molecule has 0 aromatic heterocycles. The van der Waals surface area contributed by atoms with Crippen LogP contribution in [0.25, 0.3) is 22.0 Å². The van der Waals surface area contributed by atoms with Crippen molar-refractivity contribution in [2.45, 2.75) is 37.3 Å². The third-order valence-corrected chi connectivity index (χ3v) is 8.59. The lowest BCUT2D eigenvalue weighted by molar-refractivity contribution is 0.176. The van der Waals surface area contributed by atoms with E-state index in [0.29, 0.717) is 11.1 Å². The first-order valence-corrected chi connectivity index (χ1v) is 13.3. The van der Waals surface area contributed by atoms with Gasteiger partial charge in [0.25, 0.3) is 0 Å². The minimum Gasteiger partial charge on any atom is -0.314 e. The summed E-state index contributed by atoms with van der Waals surface area (Å²) < 4.78 is 0. The van der Waals surface area contributed by atoms with Crippen molar-refractivity contribution < 1.29 is 0 Å². The van der Waals surface area contributed by atoms with Crippen molar-refractivity contribution in [3.63, 3.8) is 0 Å². The van der Waals surface area contributed by atoms with Gasteiger partial charge in [0.15, 0.2) is 0 Å². The van der Waals surface area contributed by atoms with Gasteiger partial charge in [-0.2, -0.15) is 10.5 Å². The van der Waals surface area contributed by atoms with Crippen molar-refractivity contribution in [2.75, 3.05) is 4.90 Å². The molecule has 1 fully saturated rings. The van der Waals surface area contributed by atoms with Crippen LogP contribution in [-0.4, -0.2) is 5.66 Å². The van der Waals surface area contributed by atoms with E-state index in [2.05, 4.69) is 89.8 Å². The SMILES string of the molecule is N#CC(C#N)=c1cc2c(c3ccccc13)=NC13CCCCC1C(c1ccccc1)C=C(c1ccccc1)N23. The number of fused-ring (bicyclic) bond motifs is 4. The van der Waals surface area contributed by atoms with Gasteiger partial charge in [-0.1, -0.05) is 97.4 Å². The maximum Gasteiger partial charge on any atom is 0.140 e. The molecule has 0 bridgehead atoms. The van der Waals surface area contributed by atoms with E-state index in [1.165, 1.54) is 12.0 Å². The van der Waals surface area contributed by atoms with Crippen molar-refractivity contribution in [1.82, 2.24) is 0 Å². The van der Waals surface area contributed by atoms with E-state index in [4.69, 9.17) is 4.99 Å². The summed E-state index contributed by atoms with van der Waals surface area (Å²) in [5.74, 6) is 0.559. The van der Waals surface area contributed by atoms with Crippen LogP contribution in [0.2, 0.25) is 0 Å². The molecule has 4 aromatic rings. The molecule has 7 rings (SSSR count). The highest BCUT2D eigenvalue weighted by Gasteiger charge is 2.55. The van der Waals surface area contributed by atoms with E-state index in [9.17, 15) is 10.5 Å². The van der Waals surface area contributed by atoms with Crippen molar-refractivity contribution in [2.24, 2.45) is 10.9 Å².